The van der Waals surface area contributed by atoms with Crippen LogP contribution in [0, 0.1) is 0 Å². The van der Waals surface area contributed by atoms with Gasteiger partial charge in [0.05, 0.1) is 6.04 Å². The third-order valence-electron chi connectivity index (χ3n) is 3.47. The summed E-state index contributed by atoms with van der Waals surface area (Å²) in [4.78, 5) is 24.4. The maximum Gasteiger partial charge on any atom is 0.246 e. The first-order valence-electron chi connectivity index (χ1n) is 5.99. The van der Waals surface area contributed by atoms with Crippen molar-refractivity contribution in [1.29, 1.82) is 0 Å². The lowest BCUT2D eigenvalue weighted by atomic mass is 10.0. The standard InChI is InChI=1S/C11H18N2O3S/c1-13-10(14)3-2-9(11(13)15)12-8-4-6-17(16)7-5-8/h8-9,12H,2-7H2,1H3. The van der Waals surface area contributed by atoms with Gasteiger partial charge in [-0.05, 0) is 19.3 Å². The summed E-state index contributed by atoms with van der Waals surface area (Å²) in [6, 6.07) is 0.0255. The Morgan fingerprint density at radius 3 is 2.53 bits per heavy atom. The summed E-state index contributed by atoms with van der Waals surface area (Å²) < 4.78 is 11.2. The van der Waals surface area contributed by atoms with Crippen molar-refractivity contribution in [3.05, 3.63) is 0 Å². The van der Waals surface area contributed by atoms with Gasteiger partial charge in [-0.25, -0.2) is 0 Å². The number of carbonyl (C=O) groups excluding carboxylic acids is 2. The van der Waals surface area contributed by atoms with E-state index in [2.05, 4.69) is 5.32 Å². The average molecular weight is 258 g/mol. The number of amides is 2. The van der Waals surface area contributed by atoms with Crippen LogP contribution in [-0.4, -0.2) is 51.6 Å². The van der Waals surface area contributed by atoms with Gasteiger partial charge in [-0.3, -0.25) is 18.7 Å². The Kier molecular flexibility index (Phi) is 3.93. The van der Waals surface area contributed by atoms with Crippen molar-refractivity contribution < 1.29 is 13.8 Å². The highest BCUT2D eigenvalue weighted by atomic mass is 32.2. The van der Waals surface area contributed by atoms with Crippen molar-refractivity contribution in [2.24, 2.45) is 0 Å². The number of hydrogen-bond acceptors (Lipinski definition) is 4. The number of hydrogen-bond donors (Lipinski definition) is 1. The molecule has 1 N–H and O–H groups in total. The van der Waals surface area contributed by atoms with Crippen molar-refractivity contribution in [2.75, 3.05) is 18.6 Å². The minimum Gasteiger partial charge on any atom is -0.303 e. The van der Waals surface area contributed by atoms with Gasteiger partial charge in [0.25, 0.3) is 0 Å². The number of nitrogens with zero attached hydrogens (tertiary/aromatic N) is 1. The van der Waals surface area contributed by atoms with E-state index in [0.29, 0.717) is 24.3 Å². The second kappa shape index (κ2) is 5.27. The zero-order chi connectivity index (χ0) is 12.4. The first-order chi connectivity index (χ1) is 8.08. The summed E-state index contributed by atoms with van der Waals surface area (Å²) in [5.41, 5.74) is 0. The van der Waals surface area contributed by atoms with E-state index in [0.717, 1.165) is 12.8 Å². The first-order valence-corrected chi connectivity index (χ1v) is 7.48. The Labute approximate surface area is 103 Å². The maximum absolute atomic E-state index is 11.9. The molecule has 0 bridgehead atoms. The van der Waals surface area contributed by atoms with E-state index < -0.39 is 10.8 Å². The zero-order valence-electron chi connectivity index (χ0n) is 9.98. The van der Waals surface area contributed by atoms with Crippen LogP contribution >= 0.6 is 0 Å². The van der Waals surface area contributed by atoms with Gasteiger partial charge < -0.3 is 5.32 Å². The molecule has 2 aliphatic heterocycles. The quantitative estimate of drug-likeness (QED) is 0.687. The van der Waals surface area contributed by atoms with Crippen LogP contribution in [0.25, 0.3) is 0 Å². The monoisotopic (exact) mass is 258 g/mol. The molecule has 2 heterocycles. The number of carbonyl (C=O) groups is 2. The molecule has 0 aromatic rings. The lowest BCUT2D eigenvalue weighted by molar-refractivity contribution is -0.148. The number of imide groups is 1. The number of nitrogens with one attached hydrogen (secondary N) is 1. The summed E-state index contributed by atoms with van der Waals surface area (Å²) >= 11 is 0. The Balaban J connectivity index is 1.89. The molecule has 6 heteroatoms. The second-order valence-corrected chi connectivity index (χ2v) is 6.37. The fraction of sp³-hybridized carbons (Fsp3) is 0.818. The highest BCUT2D eigenvalue weighted by Crippen LogP contribution is 2.15. The molecule has 2 saturated heterocycles. The molecule has 0 aliphatic carbocycles. The lowest BCUT2D eigenvalue weighted by Gasteiger charge is -2.32. The minimum absolute atomic E-state index is 0.0993. The van der Waals surface area contributed by atoms with Crippen LogP contribution in [0.3, 0.4) is 0 Å². The lowest BCUT2D eigenvalue weighted by Crippen LogP contribution is -2.54. The highest BCUT2D eigenvalue weighted by molar-refractivity contribution is 7.85. The molecule has 96 valence electrons. The van der Waals surface area contributed by atoms with E-state index in [-0.39, 0.29) is 23.9 Å². The Morgan fingerprint density at radius 2 is 1.88 bits per heavy atom. The summed E-state index contributed by atoms with van der Waals surface area (Å²) in [5.74, 6) is 1.20. The molecule has 2 aliphatic rings. The van der Waals surface area contributed by atoms with E-state index in [9.17, 15) is 13.8 Å². The summed E-state index contributed by atoms with van der Waals surface area (Å²) in [7, 11) is 0.858. The Bertz CT molecular complexity index is 349. The molecule has 2 rings (SSSR count). The van der Waals surface area contributed by atoms with E-state index >= 15 is 0 Å². The summed E-state index contributed by atoms with van der Waals surface area (Å²) in [5, 5.41) is 3.30. The maximum atomic E-state index is 11.9. The van der Waals surface area contributed by atoms with Crippen LogP contribution in [0.4, 0.5) is 0 Å². The van der Waals surface area contributed by atoms with E-state index in [1.54, 1.807) is 0 Å². The molecular formula is C11H18N2O3S. The predicted octanol–water partition coefficient (Wildman–Crippen LogP) is -0.365. The minimum atomic E-state index is -0.678. The van der Waals surface area contributed by atoms with Gasteiger partial charge >= 0.3 is 0 Å². The predicted molar refractivity (Wildman–Crippen MR) is 64.8 cm³/mol. The fourth-order valence-corrected chi connectivity index (χ4v) is 3.61. The summed E-state index contributed by atoms with van der Waals surface area (Å²) in [6.45, 7) is 0. The van der Waals surface area contributed by atoms with Gasteiger partial charge in [0, 0.05) is 41.8 Å². The third-order valence-corrected chi connectivity index (χ3v) is 4.86. The highest BCUT2D eigenvalue weighted by Gasteiger charge is 2.33. The molecule has 0 aromatic carbocycles. The molecule has 0 aromatic heterocycles. The van der Waals surface area contributed by atoms with Crippen LogP contribution in [0.15, 0.2) is 0 Å². The van der Waals surface area contributed by atoms with Crippen molar-refractivity contribution >= 4 is 22.6 Å². The van der Waals surface area contributed by atoms with Crippen molar-refractivity contribution in [3.63, 3.8) is 0 Å². The molecule has 1 atom stereocenters. The smallest absolute Gasteiger partial charge is 0.246 e. The molecule has 2 fully saturated rings. The van der Waals surface area contributed by atoms with E-state index in [1.165, 1.54) is 11.9 Å². The summed E-state index contributed by atoms with van der Waals surface area (Å²) in [6.07, 6.45) is 2.72. The van der Waals surface area contributed by atoms with E-state index in [4.69, 9.17) is 0 Å². The third kappa shape index (κ3) is 2.93. The normalized spacial score (nSPS) is 35.1. The van der Waals surface area contributed by atoms with Crippen LogP contribution in [0.5, 0.6) is 0 Å². The van der Waals surface area contributed by atoms with Crippen LogP contribution in [0.2, 0.25) is 0 Å². The van der Waals surface area contributed by atoms with Gasteiger partial charge in [-0.2, -0.15) is 0 Å². The van der Waals surface area contributed by atoms with Crippen LogP contribution < -0.4 is 5.32 Å². The molecule has 17 heavy (non-hydrogen) atoms. The largest absolute Gasteiger partial charge is 0.303 e. The van der Waals surface area contributed by atoms with Crippen molar-refractivity contribution in [2.45, 2.75) is 37.8 Å². The average Bonchev–Trinajstić information content (AvgIpc) is 2.33. The topological polar surface area (TPSA) is 66.5 Å². The van der Waals surface area contributed by atoms with E-state index in [1.807, 2.05) is 0 Å². The van der Waals surface area contributed by atoms with Gasteiger partial charge in [0.15, 0.2) is 0 Å². The fourth-order valence-electron chi connectivity index (χ4n) is 2.32. The van der Waals surface area contributed by atoms with Crippen molar-refractivity contribution in [3.8, 4) is 0 Å². The number of rotatable bonds is 2. The van der Waals surface area contributed by atoms with Gasteiger partial charge in [0.1, 0.15) is 0 Å². The molecule has 0 saturated carbocycles. The first kappa shape index (κ1) is 12.7. The number of likely N-dealkylation sites (tertiary alicyclic amines) is 1. The molecule has 2 amide bonds. The number of likely N-dealkylation sites (N-methyl/N-ethyl adjacent to an activating group) is 1. The van der Waals surface area contributed by atoms with Gasteiger partial charge in [0.2, 0.25) is 11.8 Å². The molecule has 5 nitrogen and oxygen atoms in total. The molecular weight excluding hydrogens is 240 g/mol. The molecule has 0 radical (unpaired) electrons. The zero-order valence-corrected chi connectivity index (χ0v) is 10.8. The van der Waals surface area contributed by atoms with Crippen LogP contribution in [0.1, 0.15) is 25.7 Å². The number of piperidine rings is 1. The SMILES string of the molecule is CN1C(=O)CCC(NC2CCS(=O)CC2)C1=O. The molecule has 1 unspecified atom stereocenters. The Hall–Kier alpha value is -0.750. The molecule has 0 spiro atoms. The van der Waals surface area contributed by atoms with Crippen LogP contribution in [-0.2, 0) is 20.4 Å². The Morgan fingerprint density at radius 1 is 1.24 bits per heavy atom. The van der Waals surface area contributed by atoms with Crippen molar-refractivity contribution in [1.82, 2.24) is 10.2 Å². The van der Waals surface area contributed by atoms with Gasteiger partial charge in [-0.1, -0.05) is 0 Å². The second-order valence-electron chi connectivity index (χ2n) is 4.67. The van der Waals surface area contributed by atoms with Gasteiger partial charge in [-0.15, -0.1) is 0 Å².